The molecule has 0 unspecified atom stereocenters. The maximum Gasteiger partial charge on any atom is 0.124 e. The van der Waals surface area contributed by atoms with Crippen LogP contribution in [0, 0.1) is 11.6 Å². The third kappa shape index (κ3) is 1.97. The maximum absolute atomic E-state index is 13.5. The van der Waals surface area contributed by atoms with Crippen molar-refractivity contribution in [2.24, 2.45) is 0 Å². The lowest BCUT2D eigenvalue weighted by atomic mass is 10.0. The molecule has 0 aliphatic heterocycles. The van der Waals surface area contributed by atoms with Crippen LogP contribution in [0.1, 0.15) is 0 Å². The molecule has 6 aromatic rings. The Morgan fingerprint density at radius 1 is 0.462 bits per heavy atom. The summed E-state index contributed by atoms with van der Waals surface area (Å²) < 4.78 is 31.4. The summed E-state index contributed by atoms with van der Waals surface area (Å²) in [6.07, 6.45) is 0. The lowest BCUT2D eigenvalue weighted by molar-refractivity contribution is 0.629. The molecule has 0 bridgehead atoms. The van der Waals surface area contributed by atoms with Gasteiger partial charge in [0.15, 0.2) is 0 Å². The second-order valence-corrected chi connectivity index (χ2v) is 8.70. The summed E-state index contributed by atoms with van der Waals surface area (Å²) in [6.45, 7) is 0. The summed E-state index contributed by atoms with van der Waals surface area (Å²) in [7, 11) is 0. The fourth-order valence-corrected chi connectivity index (χ4v) is 6.06. The minimum absolute atomic E-state index is 0.201. The van der Waals surface area contributed by atoms with Gasteiger partial charge in [0.25, 0.3) is 0 Å². The zero-order valence-electron chi connectivity index (χ0n) is 13.3. The molecule has 26 heavy (non-hydrogen) atoms. The van der Waals surface area contributed by atoms with E-state index in [1.807, 2.05) is 12.1 Å². The highest BCUT2D eigenvalue weighted by molar-refractivity contribution is 7.26. The van der Waals surface area contributed by atoms with Crippen LogP contribution >= 0.6 is 22.7 Å². The summed E-state index contributed by atoms with van der Waals surface area (Å²) in [4.78, 5) is 0. The van der Waals surface area contributed by atoms with Crippen LogP contribution in [0.5, 0.6) is 0 Å². The Labute approximate surface area is 154 Å². The topological polar surface area (TPSA) is 0 Å². The molecule has 0 radical (unpaired) electrons. The van der Waals surface area contributed by atoms with E-state index in [1.165, 1.54) is 12.1 Å². The van der Waals surface area contributed by atoms with Crippen molar-refractivity contribution in [3.8, 4) is 0 Å². The number of hydrogen-bond donors (Lipinski definition) is 0. The fourth-order valence-electron chi connectivity index (χ4n) is 3.74. The Morgan fingerprint density at radius 2 is 0.885 bits per heavy atom. The number of hydrogen-bond acceptors (Lipinski definition) is 2. The second kappa shape index (κ2) is 5.00. The highest BCUT2D eigenvalue weighted by atomic mass is 32.1. The molecule has 6 rings (SSSR count). The first-order valence-electron chi connectivity index (χ1n) is 8.23. The highest BCUT2D eigenvalue weighted by Crippen LogP contribution is 2.40. The maximum atomic E-state index is 13.5. The monoisotopic (exact) mass is 376 g/mol. The van der Waals surface area contributed by atoms with E-state index in [2.05, 4.69) is 24.3 Å². The molecule has 4 aromatic carbocycles. The number of benzene rings is 4. The smallest absolute Gasteiger partial charge is 0.124 e. The molecule has 0 aliphatic rings. The minimum atomic E-state index is -0.201. The van der Waals surface area contributed by atoms with E-state index in [1.54, 1.807) is 34.8 Å². The van der Waals surface area contributed by atoms with E-state index in [9.17, 15) is 8.78 Å². The van der Waals surface area contributed by atoms with Crippen LogP contribution in [0.4, 0.5) is 8.78 Å². The van der Waals surface area contributed by atoms with Gasteiger partial charge < -0.3 is 0 Å². The summed E-state index contributed by atoms with van der Waals surface area (Å²) in [5, 5.41) is 6.80. The summed E-state index contributed by atoms with van der Waals surface area (Å²) in [5.41, 5.74) is 0. The van der Waals surface area contributed by atoms with Crippen molar-refractivity contribution in [1.82, 2.24) is 0 Å². The zero-order chi connectivity index (χ0) is 17.4. The molecule has 0 aliphatic carbocycles. The van der Waals surface area contributed by atoms with Gasteiger partial charge in [-0.15, -0.1) is 22.7 Å². The second-order valence-electron chi connectivity index (χ2n) is 6.53. The Hall–Kier alpha value is -2.56. The van der Waals surface area contributed by atoms with Crippen molar-refractivity contribution in [2.75, 3.05) is 0 Å². The van der Waals surface area contributed by atoms with E-state index in [-0.39, 0.29) is 11.6 Å². The van der Waals surface area contributed by atoms with Crippen LogP contribution in [0.25, 0.3) is 51.1 Å². The van der Waals surface area contributed by atoms with Crippen LogP contribution in [0.2, 0.25) is 0 Å². The molecule has 124 valence electrons. The van der Waals surface area contributed by atoms with Gasteiger partial charge in [0, 0.05) is 40.3 Å². The van der Waals surface area contributed by atoms with Gasteiger partial charge in [-0.2, -0.15) is 0 Å². The first-order valence-corrected chi connectivity index (χ1v) is 9.86. The van der Waals surface area contributed by atoms with Crippen LogP contribution in [-0.2, 0) is 0 Å². The summed E-state index contributed by atoms with van der Waals surface area (Å²) in [5.74, 6) is -0.402. The normalized spacial score (nSPS) is 12.2. The highest BCUT2D eigenvalue weighted by Gasteiger charge is 2.11. The third-order valence-corrected chi connectivity index (χ3v) is 7.18. The Morgan fingerprint density at radius 3 is 1.35 bits per heavy atom. The molecule has 0 nitrogen and oxygen atoms in total. The summed E-state index contributed by atoms with van der Waals surface area (Å²) >= 11 is 3.23. The minimum Gasteiger partial charge on any atom is -0.207 e. The average Bonchev–Trinajstić information content (AvgIpc) is 3.13. The van der Waals surface area contributed by atoms with Crippen molar-refractivity contribution < 1.29 is 8.78 Å². The Bertz CT molecular complexity index is 1390. The molecule has 0 saturated heterocycles. The van der Waals surface area contributed by atoms with E-state index >= 15 is 0 Å². The molecule has 2 aromatic heterocycles. The molecule has 0 saturated carbocycles. The predicted molar refractivity (Wildman–Crippen MR) is 110 cm³/mol. The molecule has 0 N–H and O–H groups in total. The van der Waals surface area contributed by atoms with Gasteiger partial charge in [-0.3, -0.25) is 0 Å². The van der Waals surface area contributed by atoms with E-state index < -0.39 is 0 Å². The first-order chi connectivity index (χ1) is 12.7. The van der Waals surface area contributed by atoms with Crippen molar-refractivity contribution >= 4 is 73.8 Å². The lowest BCUT2D eigenvalue weighted by Gasteiger charge is -2.01. The third-order valence-electron chi connectivity index (χ3n) is 4.94. The number of halogens is 2. The average molecular weight is 376 g/mol. The van der Waals surface area contributed by atoms with E-state index in [0.29, 0.717) is 0 Å². The van der Waals surface area contributed by atoms with Gasteiger partial charge in [-0.25, -0.2) is 8.78 Å². The van der Waals surface area contributed by atoms with Gasteiger partial charge >= 0.3 is 0 Å². The van der Waals surface area contributed by atoms with Crippen LogP contribution in [0.15, 0.2) is 60.7 Å². The Kier molecular flexibility index (Phi) is 2.80. The van der Waals surface area contributed by atoms with Gasteiger partial charge in [0.1, 0.15) is 11.6 Å². The lowest BCUT2D eigenvalue weighted by Crippen LogP contribution is -1.75. The molecule has 0 amide bonds. The first kappa shape index (κ1) is 14.6. The molecule has 0 fully saturated rings. The van der Waals surface area contributed by atoms with Crippen LogP contribution < -0.4 is 0 Å². The molecule has 0 spiro atoms. The number of fused-ring (bicyclic) bond motifs is 7. The van der Waals surface area contributed by atoms with Gasteiger partial charge in [-0.1, -0.05) is 12.1 Å². The van der Waals surface area contributed by atoms with Crippen LogP contribution in [0.3, 0.4) is 0 Å². The van der Waals surface area contributed by atoms with E-state index in [4.69, 9.17) is 0 Å². The van der Waals surface area contributed by atoms with Crippen molar-refractivity contribution in [3.63, 3.8) is 0 Å². The summed E-state index contributed by atoms with van der Waals surface area (Å²) in [6, 6.07) is 18.7. The SMILES string of the molecule is Fc1ccc2c(c1)sc1cc3cc4c(cc3cc12)sc1cc(F)ccc14. The largest absolute Gasteiger partial charge is 0.207 e. The van der Waals surface area contributed by atoms with Gasteiger partial charge in [0.2, 0.25) is 0 Å². The number of thiophene rings is 2. The fraction of sp³-hybridized carbons (Fsp3) is 0. The van der Waals surface area contributed by atoms with Crippen molar-refractivity contribution in [2.45, 2.75) is 0 Å². The van der Waals surface area contributed by atoms with Gasteiger partial charge in [0.05, 0.1) is 0 Å². The molecule has 4 heteroatoms. The molecular formula is C22H10F2S2. The number of rotatable bonds is 0. The predicted octanol–water partition coefficient (Wildman–Crippen LogP) is 7.85. The quantitative estimate of drug-likeness (QED) is 0.253. The molecular weight excluding hydrogens is 366 g/mol. The van der Waals surface area contributed by atoms with Crippen molar-refractivity contribution in [3.05, 3.63) is 72.3 Å². The van der Waals surface area contributed by atoms with Crippen LogP contribution in [-0.4, -0.2) is 0 Å². The zero-order valence-corrected chi connectivity index (χ0v) is 15.0. The molecule has 0 atom stereocenters. The Balaban J connectivity index is 1.75. The molecule has 2 heterocycles. The van der Waals surface area contributed by atoms with E-state index in [0.717, 1.165) is 51.1 Å². The van der Waals surface area contributed by atoms with Gasteiger partial charge in [-0.05, 0) is 59.3 Å². The standard InChI is InChI=1S/C22H10F2S2/c23-13-1-3-15-17-5-11-8-20-18(16-4-2-14(24)10-22(16)26-20)6-12(11)7-19(17)25-21(15)9-13/h1-10H. The van der Waals surface area contributed by atoms with Crippen molar-refractivity contribution in [1.29, 1.82) is 0 Å².